The van der Waals surface area contributed by atoms with Gasteiger partial charge in [0.25, 0.3) is 5.84 Å². The van der Waals surface area contributed by atoms with Gasteiger partial charge in [-0.3, -0.25) is 4.79 Å². The van der Waals surface area contributed by atoms with E-state index in [1.807, 2.05) is 109 Å². The molecule has 0 fully saturated rings. The first-order valence-electron chi connectivity index (χ1n) is 12.6. The number of nitrogens with zero attached hydrogens (tertiary/aromatic N) is 6. The molecule has 0 N–H and O–H groups in total. The maximum atomic E-state index is 11.7. The van der Waals surface area contributed by atoms with Crippen LogP contribution >= 0.6 is 0 Å². The summed E-state index contributed by atoms with van der Waals surface area (Å²) in [7, 11) is 1.95. The molecule has 7 rings (SSSR count). The molecule has 2 aliphatic heterocycles. The molecule has 0 bridgehead atoms. The number of fused-ring (bicyclic) bond motifs is 2. The Balaban J connectivity index is 0.000000151. The van der Waals surface area contributed by atoms with Crippen molar-refractivity contribution in [3.8, 4) is 11.4 Å². The van der Waals surface area contributed by atoms with Crippen LogP contribution < -0.4 is 10.0 Å². The predicted molar refractivity (Wildman–Crippen MR) is 156 cm³/mol. The van der Waals surface area contributed by atoms with E-state index in [-0.39, 0.29) is 10.0 Å². The predicted octanol–water partition coefficient (Wildman–Crippen LogP) is 7.11. The van der Waals surface area contributed by atoms with E-state index in [9.17, 15) is 4.79 Å². The first kappa shape index (κ1) is 24.1. The third-order valence-electron chi connectivity index (χ3n) is 6.73. The van der Waals surface area contributed by atoms with Crippen molar-refractivity contribution in [1.29, 1.82) is 0 Å². The second-order valence-corrected chi connectivity index (χ2v) is 9.06. The average Bonchev–Trinajstić information content (AvgIpc) is 3.46. The molecule has 0 saturated carbocycles. The fraction of sp³-hybridized carbons (Fsp3) is 0.0312. The van der Waals surface area contributed by atoms with Gasteiger partial charge in [-0.1, -0.05) is 82.5 Å². The molecule has 188 valence electrons. The fourth-order valence-corrected chi connectivity index (χ4v) is 4.83. The molecular formula is C32H25N6O+. The number of rotatable bonds is 3. The highest BCUT2D eigenvalue weighted by atomic mass is 16.1. The van der Waals surface area contributed by atoms with Crippen molar-refractivity contribution < 1.29 is 0 Å². The normalized spacial score (nSPS) is 13.6. The molecule has 0 atom stereocenters. The lowest BCUT2D eigenvalue weighted by Crippen LogP contribution is -2.43. The number of aryl methyl sites for hydroxylation is 1. The zero-order valence-corrected chi connectivity index (χ0v) is 21.3. The molecule has 4 aromatic rings. The summed E-state index contributed by atoms with van der Waals surface area (Å²) in [6, 6.07) is 43.3. The minimum atomic E-state index is -0.0288. The zero-order valence-electron chi connectivity index (χ0n) is 21.3. The van der Waals surface area contributed by atoms with Crippen LogP contribution in [0.2, 0.25) is 0 Å². The number of benzene rings is 5. The molecule has 0 radical (unpaired) electrons. The van der Waals surface area contributed by atoms with Crippen LogP contribution in [-0.2, 0) is 7.05 Å². The number of para-hydroxylation sites is 5. The Morgan fingerprint density at radius 1 is 0.641 bits per heavy atom. The topological polar surface area (TPSA) is 72.0 Å². The molecule has 7 heteroatoms. The Labute approximate surface area is 225 Å². The highest BCUT2D eigenvalue weighted by Gasteiger charge is 2.45. The van der Waals surface area contributed by atoms with Gasteiger partial charge in [0, 0.05) is 36.5 Å². The second kappa shape index (κ2) is 10.2. The highest BCUT2D eigenvalue weighted by Crippen LogP contribution is 2.40. The van der Waals surface area contributed by atoms with Crippen molar-refractivity contribution in [2.24, 2.45) is 22.6 Å². The third kappa shape index (κ3) is 4.31. The van der Waals surface area contributed by atoms with Crippen LogP contribution in [0.25, 0.3) is 22.4 Å². The molecule has 0 spiro atoms. The molecule has 0 unspecified atom stereocenters. The number of amidine groups is 1. The summed E-state index contributed by atoms with van der Waals surface area (Å²) >= 11 is 0. The third-order valence-corrected chi connectivity index (χ3v) is 6.73. The molecule has 4 aromatic carbocycles. The number of hydrogen-bond donors (Lipinski definition) is 0. The molecule has 0 saturated heterocycles. The lowest BCUT2D eigenvalue weighted by Gasteiger charge is -2.26. The number of aromatic nitrogens is 2. The van der Waals surface area contributed by atoms with E-state index in [2.05, 4.69) is 44.8 Å². The van der Waals surface area contributed by atoms with E-state index in [4.69, 9.17) is 0 Å². The van der Waals surface area contributed by atoms with Crippen LogP contribution in [0.4, 0.5) is 11.4 Å². The number of quaternary nitrogens is 1. The van der Waals surface area contributed by atoms with Crippen molar-refractivity contribution >= 4 is 28.2 Å². The maximum absolute atomic E-state index is 11.7. The molecular weight excluding hydrogens is 484 g/mol. The first-order chi connectivity index (χ1) is 19.2. The van der Waals surface area contributed by atoms with Gasteiger partial charge in [-0.25, -0.2) is 4.98 Å². The largest absolute Gasteiger partial charge is 0.341 e. The van der Waals surface area contributed by atoms with Crippen LogP contribution in [0.15, 0.2) is 154 Å². The summed E-state index contributed by atoms with van der Waals surface area (Å²) in [5.41, 5.74) is 6.26. The monoisotopic (exact) mass is 509 g/mol. The standard InChI is InChI=1S/C19H15N4.C13H10N2O/c1-4-10-16(11-5-1)19-20-21-22-23(19,17-12-6-2-7-13-17)18-14-8-3-9-15-18;1-15-10-6-3-2-5-9(10)14-13-11(15)7-4-8-12(13)16/h1-15H;2-8H,1H3/q+1;. The summed E-state index contributed by atoms with van der Waals surface area (Å²) in [6.45, 7) is 0. The molecule has 39 heavy (non-hydrogen) atoms. The van der Waals surface area contributed by atoms with Gasteiger partial charge < -0.3 is 4.57 Å². The Hall–Kier alpha value is -5.27. The summed E-state index contributed by atoms with van der Waals surface area (Å²) in [5, 5.41) is 12.9. The quantitative estimate of drug-likeness (QED) is 0.188. The van der Waals surface area contributed by atoms with Gasteiger partial charge in [0.1, 0.15) is 5.69 Å². The van der Waals surface area contributed by atoms with E-state index in [0.717, 1.165) is 39.5 Å². The molecule has 1 aliphatic carbocycles. The Kier molecular flexibility index (Phi) is 6.32. The average molecular weight is 510 g/mol. The van der Waals surface area contributed by atoms with E-state index >= 15 is 0 Å². The molecule has 2 heterocycles. The second-order valence-electron chi connectivity index (χ2n) is 9.06. The summed E-state index contributed by atoms with van der Waals surface area (Å²) < 4.78 is 2.14. The lowest BCUT2D eigenvalue weighted by molar-refractivity contribution is 0.575. The molecule has 0 amide bonds. The van der Waals surface area contributed by atoms with Gasteiger partial charge in [-0.05, 0) is 36.4 Å². The van der Waals surface area contributed by atoms with Crippen molar-refractivity contribution in [3.05, 3.63) is 149 Å². The van der Waals surface area contributed by atoms with E-state index < -0.39 is 0 Å². The van der Waals surface area contributed by atoms with Crippen LogP contribution in [0, 0.1) is 0 Å². The Morgan fingerprint density at radius 3 is 1.90 bits per heavy atom. The zero-order chi connectivity index (χ0) is 26.7. The molecule has 0 aromatic heterocycles. The van der Waals surface area contributed by atoms with E-state index in [1.54, 1.807) is 12.1 Å². The summed E-state index contributed by atoms with van der Waals surface area (Å²) in [4.78, 5) is 16.1. The lowest BCUT2D eigenvalue weighted by atomic mass is 10.1. The van der Waals surface area contributed by atoms with Gasteiger partial charge in [0.2, 0.25) is 5.43 Å². The minimum Gasteiger partial charge on any atom is -0.341 e. The SMILES string of the molecule is Cn1c2cccc(=O)c-2nc2ccccc21.c1ccc(C2=NN=N[N+]2(c2ccccc2)c2ccccc2)cc1. The van der Waals surface area contributed by atoms with Crippen LogP contribution in [0.1, 0.15) is 5.56 Å². The minimum absolute atomic E-state index is 0.0288. The van der Waals surface area contributed by atoms with Gasteiger partial charge in [0.15, 0.2) is 11.4 Å². The van der Waals surface area contributed by atoms with Crippen molar-refractivity contribution in [2.75, 3.05) is 0 Å². The van der Waals surface area contributed by atoms with Crippen LogP contribution in [-0.4, -0.2) is 15.4 Å². The highest BCUT2D eigenvalue weighted by molar-refractivity contribution is 6.10. The van der Waals surface area contributed by atoms with Crippen molar-refractivity contribution in [3.63, 3.8) is 0 Å². The summed E-state index contributed by atoms with van der Waals surface area (Å²) in [5.74, 6) is 0.794. The number of hydrogen-bond acceptors (Lipinski definition) is 5. The molecule has 3 aliphatic rings. The van der Waals surface area contributed by atoms with Crippen LogP contribution in [0.5, 0.6) is 0 Å². The molecule has 7 nitrogen and oxygen atoms in total. The maximum Gasteiger partial charge on any atom is 0.294 e. The first-order valence-corrected chi connectivity index (χ1v) is 12.6. The van der Waals surface area contributed by atoms with Crippen molar-refractivity contribution in [2.45, 2.75) is 0 Å². The van der Waals surface area contributed by atoms with Crippen LogP contribution in [0.3, 0.4) is 0 Å². The summed E-state index contributed by atoms with van der Waals surface area (Å²) in [6.07, 6.45) is 0. The van der Waals surface area contributed by atoms with Gasteiger partial charge in [-0.15, -0.1) is 0 Å². The van der Waals surface area contributed by atoms with Gasteiger partial charge >= 0.3 is 0 Å². The van der Waals surface area contributed by atoms with Gasteiger partial charge in [-0.2, -0.15) is 0 Å². The van der Waals surface area contributed by atoms with Gasteiger partial charge in [0.05, 0.1) is 27.5 Å². The van der Waals surface area contributed by atoms with E-state index in [0.29, 0.717) is 5.69 Å². The Bertz CT molecular complexity index is 1790. The smallest absolute Gasteiger partial charge is 0.294 e. The van der Waals surface area contributed by atoms with E-state index in [1.165, 1.54) is 0 Å². The fourth-order valence-electron chi connectivity index (χ4n) is 4.83. The Morgan fingerprint density at radius 2 is 1.23 bits per heavy atom. The van der Waals surface area contributed by atoms with Crippen molar-refractivity contribution in [1.82, 2.24) is 14.1 Å².